The van der Waals surface area contributed by atoms with Crippen LogP contribution in [0.2, 0.25) is 0 Å². The quantitative estimate of drug-likeness (QED) is 0.826. The summed E-state index contributed by atoms with van der Waals surface area (Å²) in [5.74, 6) is 0.407. The molecule has 6 heteroatoms. The number of nitrogens with one attached hydrogen (secondary N) is 1. The van der Waals surface area contributed by atoms with Crippen LogP contribution in [-0.4, -0.2) is 48.7 Å². The van der Waals surface area contributed by atoms with E-state index in [1.807, 2.05) is 0 Å². The van der Waals surface area contributed by atoms with Crippen molar-refractivity contribution in [3.05, 3.63) is 22.6 Å². The Kier molecular flexibility index (Phi) is 4.55. The highest BCUT2D eigenvalue weighted by atomic mass is 16.5. The molecule has 1 aromatic heterocycles. The van der Waals surface area contributed by atoms with Gasteiger partial charge in [0, 0.05) is 31.7 Å². The molecule has 2 fully saturated rings. The fourth-order valence-electron chi connectivity index (χ4n) is 2.57. The van der Waals surface area contributed by atoms with E-state index in [2.05, 4.69) is 22.2 Å². The van der Waals surface area contributed by atoms with E-state index < -0.39 is 0 Å². The first-order valence-corrected chi connectivity index (χ1v) is 7.85. The summed E-state index contributed by atoms with van der Waals surface area (Å²) in [7, 11) is 0. The van der Waals surface area contributed by atoms with E-state index >= 15 is 0 Å². The van der Waals surface area contributed by atoms with Gasteiger partial charge in [0.2, 0.25) is 0 Å². The molecule has 116 valence electrons. The molecule has 6 nitrogen and oxygen atoms in total. The van der Waals surface area contributed by atoms with Gasteiger partial charge in [0.05, 0.1) is 25.1 Å². The Morgan fingerprint density at radius 2 is 2.19 bits per heavy atom. The number of rotatable bonds is 6. The van der Waals surface area contributed by atoms with E-state index in [4.69, 9.17) is 4.74 Å². The second-order valence-electron chi connectivity index (χ2n) is 6.12. The Bertz CT molecular complexity index is 521. The summed E-state index contributed by atoms with van der Waals surface area (Å²) in [6.45, 7) is 6.85. The second-order valence-corrected chi connectivity index (χ2v) is 6.12. The molecule has 0 bridgehead atoms. The molecule has 1 aliphatic carbocycles. The number of morpholine rings is 1. The van der Waals surface area contributed by atoms with Crippen molar-refractivity contribution >= 4 is 5.69 Å². The summed E-state index contributed by atoms with van der Waals surface area (Å²) in [4.78, 5) is 14.3. The molecule has 21 heavy (non-hydrogen) atoms. The van der Waals surface area contributed by atoms with Crippen molar-refractivity contribution < 1.29 is 4.74 Å². The van der Waals surface area contributed by atoms with E-state index in [-0.39, 0.29) is 5.56 Å². The first kappa shape index (κ1) is 14.5. The van der Waals surface area contributed by atoms with E-state index in [1.165, 1.54) is 12.8 Å². The maximum absolute atomic E-state index is 12.2. The van der Waals surface area contributed by atoms with Gasteiger partial charge in [0.15, 0.2) is 0 Å². The molecule has 1 N–H and O–H groups in total. The number of nitrogens with zero attached hydrogens (tertiary/aromatic N) is 3. The van der Waals surface area contributed by atoms with Gasteiger partial charge in [0.1, 0.15) is 0 Å². The normalized spacial score (nSPS) is 20.5. The molecule has 1 saturated heterocycles. The summed E-state index contributed by atoms with van der Waals surface area (Å²) in [6.07, 6.45) is 4.38. The van der Waals surface area contributed by atoms with Gasteiger partial charge in [-0.3, -0.25) is 4.79 Å². The number of ether oxygens (including phenoxy) is 1. The van der Waals surface area contributed by atoms with Crippen LogP contribution in [0.5, 0.6) is 0 Å². The minimum Gasteiger partial charge on any atom is -0.378 e. The average molecular weight is 292 g/mol. The monoisotopic (exact) mass is 292 g/mol. The minimum absolute atomic E-state index is 0.0164. The molecule has 1 atom stereocenters. The van der Waals surface area contributed by atoms with Gasteiger partial charge in [-0.1, -0.05) is 6.92 Å². The Morgan fingerprint density at radius 1 is 1.43 bits per heavy atom. The lowest BCUT2D eigenvalue weighted by Crippen LogP contribution is -2.38. The third-order valence-electron chi connectivity index (χ3n) is 4.05. The first-order chi connectivity index (χ1) is 10.2. The number of aromatic nitrogens is 2. The Morgan fingerprint density at radius 3 is 2.86 bits per heavy atom. The SMILES string of the molecule is CC(CNC1CC1)Cn1ncc(N2CCOCC2)cc1=O. The molecule has 3 rings (SSSR count). The van der Waals surface area contributed by atoms with Crippen molar-refractivity contribution in [2.45, 2.75) is 32.4 Å². The Balaban J connectivity index is 1.59. The highest BCUT2D eigenvalue weighted by Crippen LogP contribution is 2.18. The molecule has 1 unspecified atom stereocenters. The van der Waals surface area contributed by atoms with Gasteiger partial charge in [-0.05, 0) is 25.3 Å². The number of hydrogen-bond acceptors (Lipinski definition) is 5. The highest BCUT2D eigenvalue weighted by molar-refractivity contribution is 5.43. The van der Waals surface area contributed by atoms with Crippen molar-refractivity contribution in [1.29, 1.82) is 0 Å². The molecule has 1 aliphatic heterocycles. The zero-order chi connectivity index (χ0) is 14.7. The summed E-state index contributed by atoms with van der Waals surface area (Å²) in [5.41, 5.74) is 0.889. The Labute approximate surface area is 125 Å². The van der Waals surface area contributed by atoms with Crippen LogP contribution in [0.15, 0.2) is 17.1 Å². The summed E-state index contributed by atoms with van der Waals surface area (Å²) in [5, 5.41) is 7.82. The van der Waals surface area contributed by atoms with Crippen molar-refractivity contribution in [3.8, 4) is 0 Å². The molecule has 1 saturated carbocycles. The molecular formula is C15H24N4O2. The summed E-state index contributed by atoms with van der Waals surface area (Å²) >= 11 is 0. The van der Waals surface area contributed by atoms with Crippen LogP contribution in [-0.2, 0) is 11.3 Å². The van der Waals surface area contributed by atoms with Crippen molar-refractivity contribution in [2.24, 2.45) is 5.92 Å². The number of anilines is 1. The first-order valence-electron chi connectivity index (χ1n) is 7.85. The second kappa shape index (κ2) is 6.58. The molecule has 0 radical (unpaired) electrons. The number of hydrogen-bond donors (Lipinski definition) is 1. The van der Waals surface area contributed by atoms with Crippen LogP contribution in [0.25, 0.3) is 0 Å². The summed E-state index contributed by atoms with van der Waals surface area (Å²) < 4.78 is 6.90. The van der Waals surface area contributed by atoms with E-state index in [9.17, 15) is 4.79 Å². The van der Waals surface area contributed by atoms with Crippen molar-refractivity contribution in [3.63, 3.8) is 0 Å². The average Bonchev–Trinajstić information content (AvgIpc) is 3.32. The highest BCUT2D eigenvalue weighted by Gasteiger charge is 2.21. The predicted octanol–water partition coefficient (Wildman–Crippen LogP) is 0.468. The van der Waals surface area contributed by atoms with Crippen LogP contribution in [0, 0.1) is 5.92 Å². The van der Waals surface area contributed by atoms with E-state index in [0.717, 1.165) is 25.3 Å². The largest absolute Gasteiger partial charge is 0.378 e. The lowest BCUT2D eigenvalue weighted by atomic mass is 10.2. The van der Waals surface area contributed by atoms with Gasteiger partial charge in [0.25, 0.3) is 5.56 Å². The van der Waals surface area contributed by atoms with Gasteiger partial charge in [-0.15, -0.1) is 0 Å². The minimum atomic E-state index is -0.0164. The standard InChI is InChI=1S/C15H24N4O2/c1-12(9-16-13-2-3-13)11-19-15(20)8-14(10-17-19)18-4-6-21-7-5-18/h8,10,12-13,16H,2-7,9,11H2,1H3. The molecule has 0 aromatic carbocycles. The third-order valence-corrected chi connectivity index (χ3v) is 4.05. The van der Waals surface area contributed by atoms with Gasteiger partial charge < -0.3 is 15.0 Å². The zero-order valence-electron chi connectivity index (χ0n) is 12.6. The molecule has 0 amide bonds. The van der Waals surface area contributed by atoms with Crippen molar-refractivity contribution in [2.75, 3.05) is 37.7 Å². The molecule has 2 aliphatic rings. The van der Waals surface area contributed by atoms with Crippen LogP contribution in [0.4, 0.5) is 5.69 Å². The van der Waals surface area contributed by atoms with Gasteiger partial charge in [-0.25, -0.2) is 4.68 Å². The molecule has 2 heterocycles. The van der Waals surface area contributed by atoms with Gasteiger partial charge in [-0.2, -0.15) is 5.10 Å². The smallest absolute Gasteiger partial charge is 0.268 e. The Hall–Kier alpha value is -1.40. The predicted molar refractivity (Wildman–Crippen MR) is 81.7 cm³/mol. The molecule has 0 spiro atoms. The third kappa shape index (κ3) is 4.04. The van der Waals surface area contributed by atoms with E-state index in [0.29, 0.717) is 31.7 Å². The van der Waals surface area contributed by atoms with Crippen molar-refractivity contribution in [1.82, 2.24) is 15.1 Å². The summed E-state index contributed by atoms with van der Waals surface area (Å²) in [6, 6.07) is 2.40. The van der Waals surface area contributed by atoms with Crippen LogP contribution < -0.4 is 15.8 Å². The molecular weight excluding hydrogens is 268 g/mol. The molecule has 1 aromatic rings. The van der Waals surface area contributed by atoms with Crippen LogP contribution in [0.1, 0.15) is 19.8 Å². The van der Waals surface area contributed by atoms with Crippen LogP contribution in [0.3, 0.4) is 0 Å². The lowest BCUT2D eigenvalue weighted by Gasteiger charge is -2.28. The van der Waals surface area contributed by atoms with Gasteiger partial charge >= 0.3 is 0 Å². The zero-order valence-corrected chi connectivity index (χ0v) is 12.6. The van der Waals surface area contributed by atoms with E-state index in [1.54, 1.807) is 16.9 Å². The fraction of sp³-hybridized carbons (Fsp3) is 0.733. The lowest BCUT2D eigenvalue weighted by molar-refractivity contribution is 0.122. The maximum atomic E-state index is 12.2. The van der Waals surface area contributed by atoms with Crippen LogP contribution >= 0.6 is 0 Å². The topological polar surface area (TPSA) is 59.4 Å². The fourth-order valence-corrected chi connectivity index (χ4v) is 2.57. The maximum Gasteiger partial charge on any atom is 0.268 e.